The van der Waals surface area contributed by atoms with Crippen molar-refractivity contribution in [2.75, 3.05) is 0 Å². The summed E-state index contributed by atoms with van der Waals surface area (Å²) in [5.74, 6) is 0.485. The molecule has 2 fully saturated rings. The lowest BCUT2D eigenvalue weighted by Crippen LogP contribution is -2.41. The molecule has 16 heavy (non-hydrogen) atoms. The number of halogens is 1. The molecule has 0 aromatic rings. The first-order chi connectivity index (χ1) is 7.68. The molecule has 2 aliphatic carbocycles. The van der Waals surface area contributed by atoms with Crippen LogP contribution in [-0.2, 0) is 0 Å². The molecule has 4 atom stereocenters. The smallest absolute Gasteiger partial charge is 0.0621 e. The average Bonchev–Trinajstić information content (AvgIpc) is 2.29. The molecular formula is C13H23ClO2. The van der Waals surface area contributed by atoms with Crippen molar-refractivity contribution in [3.8, 4) is 0 Å². The summed E-state index contributed by atoms with van der Waals surface area (Å²) in [5.41, 5.74) is 0. The fraction of sp³-hybridized carbons (Fsp3) is 1.00. The van der Waals surface area contributed by atoms with Crippen LogP contribution < -0.4 is 0 Å². The molecular weight excluding hydrogens is 224 g/mol. The molecule has 0 amide bonds. The second kappa shape index (κ2) is 5.70. The van der Waals surface area contributed by atoms with Gasteiger partial charge in [-0.3, -0.25) is 0 Å². The predicted molar refractivity (Wildman–Crippen MR) is 65.6 cm³/mol. The third kappa shape index (κ3) is 2.91. The van der Waals surface area contributed by atoms with Gasteiger partial charge >= 0.3 is 0 Å². The maximum Gasteiger partial charge on any atom is 0.0621 e. The fourth-order valence-electron chi connectivity index (χ4n) is 3.34. The van der Waals surface area contributed by atoms with Gasteiger partial charge in [-0.15, -0.1) is 11.6 Å². The zero-order valence-corrected chi connectivity index (χ0v) is 10.6. The fourth-order valence-corrected chi connectivity index (χ4v) is 3.65. The molecule has 2 N–H and O–H groups in total. The van der Waals surface area contributed by atoms with E-state index in [2.05, 4.69) is 0 Å². The molecule has 0 radical (unpaired) electrons. The highest BCUT2D eigenvalue weighted by Gasteiger charge is 2.36. The lowest BCUT2D eigenvalue weighted by molar-refractivity contribution is -0.0452. The molecule has 4 unspecified atom stereocenters. The quantitative estimate of drug-likeness (QED) is 0.736. The monoisotopic (exact) mass is 246 g/mol. The van der Waals surface area contributed by atoms with Crippen LogP contribution in [0.25, 0.3) is 0 Å². The van der Waals surface area contributed by atoms with Crippen molar-refractivity contribution in [1.82, 2.24) is 0 Å². The van der Waals surface area contributed by atoms with Gasteiger partial charge in [-0.05, 0) is 38.0 Å². The Hall–Kier alpha value is 0.210. The lowest BCUT2D eigenvalue weighted by atomic mass is 9.74. The molecule has 2 rings (SSSR count). The Morgan fingerprint density at radius 1 is 1.00 bits per heavy atom. The van der Waals surface area contributed by atoms with Crippen LogP contribution in [0.15, 0.2) is 0 Å². The van der Waals surface area contributed by atoms with Gasteiger partial charge in [0.25, 0.3) is 0 Å². The minimum Gasteiger partial charge on any atom is -0.393 e. The summed E-state index contributed by atoms with van der Waals surface area (Å²) in [6.07, 6.45) is 7.82. The van der Waals surface area contributed by atoms with Crippen LogP contribution in [-0.4, -0.2) is 27.8 Å². The number of rotatable bonds is 2. The predicted octanol–water partition coefficient (Wildman–Crippen LogP) is 2.70. The number of aliphatic hydroxyl groups is 2. The normalized spacial score (nSPS) is 39.6. The highest BCUT2D eigenvalue weighted by atomic mass is 35.5. The first kappa shape index (κ1) is 12.7. The summed E-state index contributed by atoms with van der Waals surface area (Å²) in [4.78, 5) is 0. The Balaban J connectivity index is 1.90. The van der Waals surface area contributed by atoms with Crippen molar-refractivity contribution in [2.24, 2.45) is 11.8 Å². The summed E-state index contributed by atoms with van der Waals surface area (Å²) < 4.78 is 0. The standard InChI is InChI=1S/C13H23ClO2/c14-10-6-7-11(12(15)8-10)13(16)9-4-2-1-3-5-9/h9-13,15-16H,1-8H2. The van der Waals surface area contributed by atoms with Crippen LogP contribution in [0, 0.1) is 11.8 Å². The van der Waals surface area contributed by atoms with E-state index in [1.54, 1.807) is 0 Å². The molecule has 2 saturated carbocycles. The maximum atomic E-state index is 10.4. The summed E-state index contributed by atoms with van der Waals surface area (Å²) >= 11 is 6.03. The van der Waals surface area contributed by atoms with E-state index in [0.29, 0.717) is 12.3 Å². The van der Waals surface area contributed by atoms with Gasteiger partial charge in [0.05, 0.1) is 12.2 Å². The molecule has 2 aliphatic rings. The van der Waals surface area contributed by atoms with Crippen LogP contribution in [0.5, 0.6) is 0 Å². The Bertz CT molecular complexity index is 216. The first-order valence-electron chi connectivity index (χ1n) is 6.68. The summed E-state index contributed by atoms with van der Waals surface area (Å²) in [6, 6.07) is 0. The van der Waals surface area contributed by atoms with Crippen LogP contribution in [0.3, 0.4) is 0 Å². The van der Waals surface area contributed by atoms with E-state index in [4.69, 9.17) is 11.6 Å². The van der Waals surface area contributed by atoms with Crippen LogP contribution >= 0.6 is 11.6 Å². The van der Waals surface area contributed by atoms with E-state index in [0.717, 1.165) is 25.7 Å². The molecule has 0 heterocycles. The van der Waals surface area contributed by atoms with E-state index in [1.165, 1.54) is 19.3 Å². The minimum absolute atomic E-state index is 0.0677. The second-order valence-electron chi connectivity index (χ2n) is 5.53. The molecule has 0 saturated heterocycles. The van der Waals surface area contributed by atoms with Gasteiger partial charge in [0.15, 0.2) is 0 Å². The van der Waals surface area contributed by atoms with Crippen molar-refractivity contribution < 1.29 is 10.2 Å². The van der Waals surface area contributed by atoms with Crippen LogP contribution in [0.1, 0.15) is 51.4 Å². The van der Waals surface area contributed by atoms with Crippen LogP contribution in [0.2, 0.25) is 0 Å². The average molecular weight is 247 g/mol. The van der Waals surface area contributed by atoms with Crippen LogP contribution in [0.4, 0.5) is 0 Å². The van der Waals surface area contributed by atoms with Gasteiger partial charge in [0.2, 0.25) is 0 Å². The zero-order chi connectivity index (χ0) is 11.5. The maximum absolute atomic E-state index is 10.4. The van der Waals surface area contributed by atoms with Gasteiger partial charge in [-0.1, -0.05) is 19.3 Å². The van der Waals surface area contributed by atoms with Gasteiger partial charge in [-0.25, -0.2) is 0 Å². The molecule has 0 aromatic carbocycles. The van der Waals surface area contributed by atoms with Crippen molar-refractivity contribution in [3.63, 3.8) is 0 Å². The van der Waals surface area contributed by atoms with Crippen molar-refractivity contribution >= 4 is 11.6 Å². The number of aliphatic hydroxyl groups excluding tert-OH is 2. The van der Waals surface area contributed by atoms with E-state index < -0.39 is 6.10 Å². The van der Waals surface area contributed by atoms with Gasteiger partial charge in [0.1, 0.15) is 0 Å². The molecule has 0 spiro atoms. The molecule has 0 aromatic heterocycles. The van der Waals surface area contributed by atoms with Crippen molar-refractivity contribution in [1.29, 1.82) is 0 Å². The third-order valence-corrected chi connectivity index (χ3v) is 4.77. The van der Waals surface area contributed by atoms with Crippen molar-refractivity contribution in [2.45, 2.75) is 69.0 Å². The number of alkyl halides is 1. The molecule has 0 aliphatic heterocycles. The molecule has 94 valence electrons. The van der Waals surface area contributed by atoms with E-state index >= 15 is 0 Å². The minimum atomic E-state index is -0.395. The Labute approximate surface area is 103 Å². The lowest BCUT2D eigenvalue weighted by Gasteiger charge is -2.38. The highest BCUT2D eigenvalue weighted by Crippen LogP contribution is 2.36. The molecule has 2 nitrogen and oxygen atoms in total. The number of hydrogen-bond donors (Lipinski definition) is 2. The SMILES string of the molecule is OC1CC(Cl)CCC1C(O)C1CCCCC1. The zero-order valence-electron chi connectivity index (χ0n) is 9.82. The topological polar surface area (TPSA) is 40.5 Å². The van der Waals surface area contributed by atoms with Crippen molar-refractivity contribution in [3.05, 3.63) is 0 Å². The van der Waals surface area contributed by atoms with Gasteiger partial charge in [-0.2, -0.15) is 0 Å². The van der Waals surface area contributed by atoms with Gasteiger partial charge in [0, 0.05) is 11.3 Å². The van der Waals surface area contributed by atoms with E-state index in [9.17, 15) is 10.2 Å². The second-order valence-corrected chi connectivity index (χ2v) is 6.15. The first-order valence-corrected chi connectivity index (χ1v) is 7.12. The Kier molecular flexibility index (Phi) is 4.51. The summed E-state index contributed by atoms with van der Waals surface area (Å²) in [7, 11) is 0. The molecule has 3 heteroatoms. The highest BCUT2D eigenvalue weighted by molar-refractivity contribution is 6.20. The molecule has 0 bridgehead atoms. The third-order valence-electron chi connectivity index (χ3n) is 4.38. The summed E-state index contributed by atoms with van der Waals surface area (Å²) in [5, 5.41) is 20.4. The number of hydrogen-bond acceptors (Lipinski definition) is 2. The summed E-state index contributed by atoms with van der Waals surface area (Å²) in [6.45, 7) is 0. The van der Waals surface area contributed by atoms with E-state index in [-0.39, 0.29) is 17.4 Å². The Morgan fingerprint density at radius 3 is 2.31 bits per heavy atom. The largest absolute Gasteiger partial charge is 0.393 e. The van der Waals surface area contributed by atoms with E-state index in [1.807, 2.05) is 0 Å². The van der Waals surface area contributed by atoms with Gasteiger partial charge < -0.3 is 10.2 Å². The Morgan fingerprint density at radius 2 is 1.69 bits per heavy atom.